The maximum Gasteiger partial charge on any atom is 0.234 e. The normalized spacial score (nSPS) is 11.8. The molecule has 0 fully saturated rings. The summed E-state index contributed by atoms with van der Waals surface area (Å²) < 4.78 is -0.281. The summed E-state index contributed by atoms with van der Waals surface area (Å²) in [6.45, 7) is 1.61. The summed E-state index contributed by atoms with van der Waals surface area (Å²) >= 11 is 17.7. The van der Waals surface area contributed by atoms with Crippen LogP contribution in [0.4, 0.5) is 0 Å². The third kappa shape index (κ3) is 2.62. The van der Waals surface area contributed by atoms with Gasteiger partial charge in [0.25, 0.3) is 0 Å². The Kier molecular flexibility index (Phi) is 3.82. The van der Waals surface area contributed by atoms with Gasteiger partial charge in [0.1, 0.15) is 11.4 Å². The Balaban J connectivity index is 2.62. The lowest BCUT2D eigenvalue weighted by molar-refractivity contribution is 0.275. The van der Waals surface area contributed by atoms with Crippen molar-refractivity contribution in [2.75, 3.05) is 0 Å². The van der Waals surface area contributed by atoms with E-state index in [0.717, 1.165) is 11.3 Å². The number of hydrogen-bond donors (Lipinski definition) is 1. The van der Waals surface area contributed by atoms with Crippen LogP contribution in [-0.2, 0) is 10.4 Å². The van der Waals surface area contributed by atoms with Crippen LogP contribution in [0.3, 0.4) is 0 Å². The second-order valence-electron chi connectivity index (χ2n) is 3.79. The van der Waals surface area contributed by atoms with E-state index < -0.39 is 3.79 Å². The predicted octanol–water partition coefficient (Wildman–Crippen LogP) is 2.89. The van der Waals surface area contributed by atoms with Crippen LogP contribution in [0.25, 0.3) is 5.69 Å². The third-order valence-electron chi connectivity index (χ3n) is 2.40. The smallest absolute Gasteiger partial charge is 0.234 e. The van der Waals surface area contributed by atoms with Gasteiger partial charge in [0.05, 0.1) is 12.3 Å². The summed E-state index contributed by atoms with van der Waals surface area (Å²) in [6.07, 6.45) is 0. The van der Waals surface area contributed by atoms with Crippen molar-refractivity contribution in [1.29, 1.82) is 0 Å². The number of nitrogens with zero attached hydrogens (tertiary/aromatic N) is 3. The molecule has 0 aliphatic carbocycles. The molecule has 0 bridgehead atoms. The second kappa shape index (κ2) is 5.05. The van der Waals surface area contributed by atoms with Crippen LogP contribution in [0.1, 0.15) is 17.0 Å². The molecule has 1 aromatic heterocycles. The van der Waals surface area contributed by atoms with E-state index in [2.05, 4.69) is 10.3 Å². The van der Waals surface area contributed by atoms with Crippen molar-refractivity contribution < 1.29 is 5.11 Å². The fraction of sp³-hybridized carbons (Fsp3) is 0.273. The van der Waals surface area contributed by atoms with Crippen molar-refractivity contribution >= 4 is 34.8 Å². The van der Waals surface area contributed by atoms with Crippen LogP contribution >= 0.6 is 34.8 Å². The molecule has 0 aliphatic heterocycles. The lowest BCUT2D eigenvalue weighted by Gasteiger charge is -2.14. The summed E-state index contributed by atoms with van der Waals surface area (Å²) in [5, 5.41) is 16.9. The minimum Gasteiger partial charge on any atom is -0.390 e. The Morgan fingerprint density at radius 2 is 2.06 bits per heavy atom. The van der Waals surface area contributed by atoms with Crippen LogP contribution in [-0.4, -0.2) is 20.1 Å². The maximum absolute atomic E-state index is 9.20. The molecule has 0 aliphatic rings. The Morgan fingerprint density at radius 1 is 1.33 bits per heavy atom. The number of alkyl halides is 3. The maximum atomic E-state index is 9.20. The average molecular weight is 307 g/mol. The van der Waals surface area contributed by atoms with E-state index in [4.69, 9.17) is 34.8 Å². The minimum absolute atomic E-state index is 0.247. The molecule has 18 heavy (non-hydrogen) atoms. The highest BCUT2D eigenvalue weighted by Gasteiger charge is 2.32. The van der Waals surface area contributed by atoms with Gasteiger partial charge in [0, 0.05) is 0 Å². The van der Waals surface area contributed by atoms with Crippen molar-refractivity contribution in [2.24, 2.45) is 0 Å². The Morgan fingerprint density at radius 3 is 2.61 bits per heavy atom. The molecule has 96 valence electrons. The van der Waals surface area contributed by atoms with E-state index in [1.165, 1.54) is 4.68 Å². The number of aliphatic hydroxyl groups excluding tert-OH is 1. The number of aromatic nitrogens is 3. The van der Waals surface area contributed by atoms with Crippen LogP contribution < -0.4 is 0 Å². The number of rotatable bonds is 2. The van der Waals surface area contributed by atoms with Crippen molar-refractivity contribution in [3.63, 3.8) is 0 Å². The van der Waals surface area contributed by atoms with E-state index in [1.54, 1.807) is 0 Å². The zero-order chi connectivity index (χ0) is 13.3. The average Bonchev–Trinajstić information content (AvgIpc) is 2.72. The molecule has 1 aromatic carbocycles. The minimum atomic E-state index is -1.70. The quantitative estimate of drug-likeness (QED) is 0.868. The van der Waals surface area contributed by atoms with Gasteiger partial charge in [-0.25, -0.2) is 4.68 Å². The van der Waals surface area contributed by atoms with Crippen molar-refractivity contribution in [3.05, 3.63) is 41.2 Å². The molecule has 1 N–H and O–H groups in total. The largest absolute Gasteiger partial charge is 0.390 e. The van der Waals surface area contributed by atoms with Crippen molar-refractivity contribution in [3.8, 4) is 5.69 Å². The molecule has 4 nitrogen and oxygen atoms in total. The van der Waals surface area contributed by atoms with Gasteiger partial charge in [0.2, 0.25) is 3.79 Å². The fourth-order valence-electron chi connectivity index (χ4n) is 1.64. The van der Waals surface area contributed by atoms with Crippen LogP contribution in [0.15, 0.2) is 24.3 Å². The number of benzene rings is 1. The molecule has 0 amide bonds. The Bertz CT molecular complexity index is 563. The van der Waals surface area contributed by atoms with E-state index in [-0.39, 0.29) is 18.0 Å². The molecule has 0 saturated heterocycles. The highest BCUT2D eigenvalue weighted by atomic mass is 35.6. The zero-order valence-corrected chi connectivity index (χ0v) is 11.7. The van der Waals surface area contributed by atoms with Gasteiger partial charge < -0.3 is 5.11 Å². The molecule has 2 rings (SSSR count). The van der Waals surface area contributed by atoms with Crippen LogP contribution in [0, 0.1) is 6.92 Å². The first-order chi connectivity index (χ1) is 8.43. The second-order valence-corrected chi connectivity index (χ2v) is 6.07. The monoisotopic (exact) mass is 305 g/mol. The highest BCUT2D eigenvalue weighted by Crippen LogP contribution is 2.40. The third-order valence-corrected chi connectivity index (χ3v) is 2.94. The van der Waals surface area contributed by atoms with Crippen LogP contribution in [0.5, 0.6) is 0 Å². The lowest BCUT2D eigenvalue weighted by atomic mass is 10.2. The molecule has 0 unspecified atom stereocenters. The molecular formula is C11H10Cl3N3O. The van der Waals surface area contributed by atoms with E-state index in [0.29, 0.717) is 0 Å². The van der Waals surface area contributed by atoms with Crippen LogP contribution in [0.2, 0.25) is 0 Å². The van der Waals surface area contributed by atoms with Gasteiger partial charge in [-0.3, -0.25) is 0 Å². The predicted molar refractivity (Wildman–Crippen MR) is 71.3 cm³/mol. The Labute approximate surface area is 119 Å². The molecule has 0 saturated carbocycles. The molecule has 0 atom stereocenters. The molecule has 0 radical (unpaired) electrons. The number of aliphatic hydroxyl groups is 1. The SMILES string of the molecule is Cc1cccc(-n2nnc(CO)c2C(Cl)(Cl)Cl)c1. The van der Waals surface area contributed by atoms with Gasteiger partial charge in [-0.1, -0.05) is 52.1 Å². The van der Waals surface area contributed by atoms with Gasteiger partial charge >= 0.3 is 0 Å². The van der Waals surface area contributed by atoms with Gasteiger partial charge in [-0.2, -0.15) is 0 Å². The van der Waals surface area contributed by atoms with Crippen molar-refractivity contribution in [2.45, 2.75) is 17.3 Å². The number of halogens is 3. The standard InChI is InChI=1S/C11H10Cl3N3O/c1-7-3-2-4-8(5-7)17-10(11(12,13)14)9(6-18)15-16-17/h2-5,18H,6H2,1H3. The number of hydrogen-bond acceptors (Lipinski definition) is 3. The molecule has 0 spiro atoms. The first-order valence-corrected chi connectivity index (χ1v) is 6.26. The van der Waals surface area contributed by atoms with Gasteiger partial charge in [-0.05, 0) is 24.6 Å². The first-order valence-electron chi connectivity index (χ1n) is 5.13. The summed E-state index contributed by atoms with van der Waals surface area (Å²) in [5.41, 5.74) is 2.27. The molecule has 7 heteroatoms. The number of aryl methyl sites for hydroxylation is 1. The van der Waals surface area contributed by atoms with Gasteiger partial charge in [-0.15, -0.1) is 5.10 Å². The zero-order valence-electron chi connectivity index (χ0n) is 9.44. The Hall–Kier alpha value is -0.810. The van der Waals surface area contributed by atoms with Gasteiger partial charge in [0.15, 0.2) is 0 Å². The highest BCUT2D eigenvalue weighted by molar-refractivity contribution is 6.66. The lowest BCUT2D eigenvalue weighted by Crippen LogP contribution is -2.12. The fourth-order valence-corrected chi connectivity index (χ4v) is 2.21. The summed E-state index contributed by atoms with van der Waals surface area (Å²) in [6, 6.07) is 7.52. The molecule has 1 heterocycles. The molecular weight excluding hydrogens is 297 g/mol. The van der Waals surface area contributed by atoms with E-state index >= 15 is 0 Å². The molecule has 2 aromatic rings. The first kappa shape index (κ1) is 13.6. The summed E-state index contributed by atoms with van der Waals surface area (Å²) in [5.74, 6) is 0. The summed E-state index contributed by atoms with van der Waals surface area (Å²) in [7, 11) is 0. The topological polar surface area (TPSA) is 50.9 Å². The summed E-state index contributed by atoms with van der Waals surface area (Å²) in [4.78, 5) is 0. The van der Waals surface area contributed by atoms with E-state index in [1.807, 2.05) is 31.2 Å². The van der Waals surface area contributed by atoms with E-state index in [9.17, 15) is 5.11 Å². The van der Waals surface area contributed by atoms with Crippen molar-refractivity contribution in [1.82, 2.24) is 15.0 Å².